The lowest BCUT2D eigenvalue weighted by Crippen LogP contribution is -2.46. The third-order valence-electron chi connectivity index (χ3n) is 10.2. The Kier molecular flexibility index (Phi) is 42.8. The van der Waals surface area contributed by atoms with Gasteiger partial charge < -0.3 is 20.3 Å². The van der Waals surface area contributed by atoms with Crippen molar-refractivity contribution < 1.29 is 24.5 Å². The van der Waals surface area contributed by atoms with Crippen molar-refractivity contribution in [3.8, 4) is 0 Å². The summed E-state index contributed by atoms with van der Waals surface area (Å²) in [7, 11) is 0. The first-order valence-electron chi connectivity index (χ1n) is 23.8. The van der Waals surface area contributed by atoms with Crippen molar-refractivity contribution in [2.45, 2.75) is 225 Å². The molecule has 0 saturated heterocycles. The van der Waals surface area contributed by atoms with Crippen molar-refractivity contribution in [3.63, 3.8) is 0 Å². The second-order valence-corrected chi connectivity index (χ2v) is 15.8. The molecule has 0 aliphatic heterocycles. The van der Waals surface area contributed by atoms with Gasteiger partial charge in [-0.2, -0.15) is 0 Å². The lowest BCUT2D eigenvalue weighted by molar-refractivity contribution is -0.150. The van der Waals surface area contributed by atoms with E-state index < -0.39 is 18.2 Å². The average Bonchev–Trinajstić information content (AvgIpc) is 3.22. The number of aliphatic hydroxyl groups is 2. The summed E-state index contributed by atoms with van der Waals surface area (Å²) in [6.45, 7) is 6.27. The van der Waals surface area contributed by atoms with Crippen molar-refractivity contribution in [1.29, 1.82) is 0 Å². The molecule has 332 valence electrons. The molecule has 1 amide bonds. The van der Waals surface area contributed by atoms with Crippen molar-refractivity contribution >= 4 is 11.9 Å². The summed E-state index contributed by atoms with van der Waals surface area (Å²) < 4.78 is 5.85. The molecule has 58 heavy (non-hydrogen) atoms. The van der Waals surface area contributed by atoms with Gasteiger partial charge in [0.1, 0.15) is 6.10 Å². The number of allylic oxidation sites excluding steroid dienone is 14. The van der Waals surface area contributed by atoms with Crippen LogP contribution >= 0.6 is 0 Å². The van der Waals surface area contributed by atoms with Gasteiger partial charge in [0.05, 0.1) is 25.2 Å². The van der Waals surface area contributed by atoms with Gasteiger partial charge in [-0.05, 0) is 83.5 Å². The van der Waals surface area contributed by atoms with Crippen LogP contribution in [0.5, 0.6) is 0 Å². The Morgan fingerprint density at radius 3 is 1.47 bits per heavy atom. The number of carbonyl (C=O) groups is 2. The van der Waals surface area contributed by atoms with E-state index in [9.17, 15) is 19.8 Å². The molecule has 0 aromatic rings. The number of esters is 1. The molecular weight excluding hydrogens is 719 g/mol. The van der Waals surface area contributed by atoms with Crippen molar-refractivity contribution in [2.24, 2.45) is 0 Å². The summed E-state index contributed by atoms with van der Waals surface area (Å²) in [6, 6.07) is -0.723. The smallest absolute Gasteiger partial charge is 0.306 e. The standard InChI is InChI=1S/C52H89NO5/c1-4-7-10-13-16-19-21-22-23-24-25-26-27-28-30-33-36-39-42-45-52(57)58-48(43-40-37-34-31-18-15-12-9-6-3)46-51(56)53-49(47-54)50(55)44-41-38-35-32-29-20-17-14-11-8-5-2/h7,10,15-16,18-19,22-23,25-26,28,30,36,39,48-50,54-55H,4-6,8-9,11-14,17,20-21,24,27,29,31-35,37-38,40-47H2,1-3H3,(H,53,56)/b10-7-,18-15-,19-16-,23-22-,26-25-,30-28-,39-36-. The van der Waals surface area contributed by atoms with Crippen LogP contribution in [0.2, 0.25) is 0 Å². The summed E-state index contributed by atoms with van der Waals surface area (Å²) in [5.74, 6) is -0.600. The number of hydrogen-bond donors (Lipinski definition) is 3. The number of rotatable bonds is 41. The van der Waals surface area contributed by atoms with Gasteiger partial charge >= 0.3 is 5.97 Å². The van der Waals surface area contributed by atoms with Gasteiger partial charge in [0.25, 0.3) is 0 Å². The zero-order valence-electron chi connectivity index (χ0n) is 37.6. The fourth-order valence-electron chi connectivity index (χ4n) is 6.61. The van der Waals surface area contributed by atoms with Crippen LogP contribution in [0.4, 0.5) is 0 Å². The molecule has 0 saturated carbocycles. The van der Waals surface area contributed by atoms with E-state index in [1.165, 1.54) is 64.2 Å². The molecule has 0 fully saturated rings. The van der Waals surface area contributed by atoms with E-state index in [2.05, 4.69) is 105 Å². The highest BCUT2D eigenvalue weighted by Gasteiger charge is 2.24. The van der Waals surface area contributed by atoms with Gasteiger partial charge in [0.15, 0.2) is 0 Å². The monoisotopic (exact) mass is 808 g/mol. The van der Waals surface area contributed by atoms with Crippen molar-refractivity contribution in [2.75, 3.05) is 6.61 Å². The van der Waals surface area contributed by atoms with E-state index in [0.29, 0.717) is 19.3 Å². The Morgan fingerprint density at radius 1 is 0.517 bits per heavy atom. The quantitative estimate of drug-likeness (QED) is 0.0325. The van der Waals surface area contributed by atoms with Crippen LogP contribution in [0.15, 0.2) is 85.1 Å². The van der Waals surface area contributed by atoms with Gasteiger partial charge in [0.2, 0.25) is 5.91 Å². The van der Waals surface area contributed by atoms with Crippen LogP contribution in [-0.2, 0) is 14.3 Å². The maximum Gasteiger partial charge on any atom is 0.306 e. The first-order valence-corrected chi connectivity index (χ1v) is 23.8. The minimum atomic E-state index is -0.805. The average molecular weight is 808 g/mol. The predicted octanol–water partition coefficient (Wildman–Crippen LogP) is 14.0. The highest BCUT2D eigenvalue weighted by Crippen LogP contribution is 2.16. The van der Waals surface area contributed by atoms with E-state index in [1.807, 2.05) is 6.08 Å². The molecule has 0 rings (SSSR count). The number of aliphatic hydroxyl groups excluding tert-OH is 2. The summed E-state index contributed by atoms with van der Waals surface area (Å²) >= 11 is 0. The Labute approximate surface area is 357 Å². The van der Waals surface area contributed by atoms with Gasteiger partial charge in [-0.15, -0.1) is 0 Å². The molecule has 3 N–H and O–H groups in total. The summed E-state index contributed by atoms with van der Waals surface area (Å²) in [5.41, 5.74) is 0. The number of carbonyl (C=O) groups excluding carboxylic acids is 2. The van der Waals surface area contributed by atoms with Crippen LogP contribution in [-0.4, -0.2) is 46.9 Å². The van der Waals surface area contributed by atoms with E-state index >= 15 is 0 Å². The molecule has 0 radical (unpaired) electrons. The first-order chi connectivity index (χ1) is 28.5. The van der Waals surface area contributed by atoms with Gasteiger partial charge in [0, 0.05) is 6.42 Å². The molecule has 6 nitrogen and oxygen atoms in total. The summed E-state index contributed by atoms with van der Waals surface area (Å²) in [4.78, 5) is 25.9. The molecule has 3 atom stereocenters. The topological polar surface area (TPSA) is 95.9 Å². The largest absolute Gasteiger partial charge is 0.462 e. The second kappa shape index (κ2) is 45.1. The molecule has 3 unspecified atom stereocenters. The number of unbranched alkanes of at least 4 members (excludes halogenated alkanes) is 15. The maximum absolute atomic E-state index is 13.1. The zero-order valence-corrected chi connectivity index (χ0v) is 37.6. The summed E-state index contributed by atoms with van der Waals surface area (Å²) in [5, 5.41) is 23.6. The third kappa shape index (κ3) is 39.8. The number of ether oxygens (including phenoxy) is 1. The molecule has 0 aromatic heterocycles. The molecule has 0 aromatic carbocycles. The minimum Gasteiger partial charge on any atom is -0.462 e. The van der Waals surface area contributed by atoms with Gasteiger partial charge in [-0.1, -0.05) is 196 Å². The zero-order chi connectivity index (χ0) is 42.4. The highest BCUT2D eigenvalue weighted by molar-refractivity contribution is 5.77. The van der Waals surface area contributed by atoms with Crippen LogP contribution < -0.4 is 5.32 Å². The molecule has 0 aliphatic rings. The molecule has 0 bridgehead atoms. The third-order valence-corrected chi connectivity index (χ3v) is 10.2. The Balaban J connectivity index is 4.64. The van der Waals surface area contributed by atoms with Crippen LogP contribution in [0.3, 0.4) is 0 Å². The normalized spacial score (nSPS) is 14.1. The minimum absolute atomic E-state index is 0.0320. The van der Waals surface area contributed by atoms with E-state index in [4.69, 9.17) is 4.74 Å². The van der Waals surface area contributed by atoms with Gasteiger partial charge in [-0.25, -0.2) is 0 Å². The Bertz CT molecular complexity index is 1130. The van der Waals surface area contributed by atoms with Crippen molar-refractivity contribution in [1.82, 2.24) is 5.32 Å². The SMILES string of the molecule is CC/C=C\C/C=C\C/C=C\C/C=C\C/C=C\C/C=C\CCC(=O)OC(CCCCC/C=C\CCCC)CC(=O)NC(CO)C(O)CCCCCCCCCCCCC. The number of nitrogens with one attached hydrogen (secondary N) is 1. The molecule has 6 heteroatoms. The van der Waals surface area contributed by atoms with E-state index in [1.54, 1.807) is 0 Å². The predicted molar refractivity (Wildman–Crippen MR) is 250 cm³/mol. The van der Waals surface area contributed by atoms with Crippen molar-refractivity contribution in [3.05, 3.63) is 85.1 Å². The number of amides is 1. The first kappa shape index (κ1) is 55.0. The van der Waals surface area contributed by atoms with Crippen LogP contribution in [0.25, 0.3) is 0 Å². The Morgan fingerprint density at radius 2 is 0.948 bits per heavy atom. The highest BCUT2D eigenvalue weighted by atomic mass is 16.5. The molecule has 0 heterocycles. The lowest BCUT2D eigenvalue weighted by Gasteiger charge is -2.24. The molecular formula is C52H89NO5. The molecule has 0 aliphatic carbocycles. The Hall–Kier alpha value is -2.96. The van der Waals surface area contributed by atoms with E-state index in [-0.39, 0.29) is 31.3 Å². The second-order valence-electron chi connectivity index (χ2n) is 15.8. The molecule has 0 spiro atoms. The number of hydrogen-bond acceptors (Lipinski definition) is 5. The van der Waals surface area contributed by atoms with Gasteiger partial charge in [-0.3, -0.25) is 9.59 Å². The fraction of sp³-hybridized carbons (Fsp3) is 0.692. The van der Waals surface area contributed by atoms with Crippen LogP contribution in [0, 0.1) is 0 Å². The maximum atomic E-state index is 13.1. The lowest BCUT2D eigenvalue weighted by atomic mass is 10.0. The van der Waals surface area contributed by atoms with Crippen LogP contribution in [0.1, 0.15) is 207 Å². The van der Waals surface area contributed by atoms with E-state index in [0.717, 1.165) is 89.9 Å². The summed E-state index contributed by atoms with van der Waals surface area (Å²) in [6.07, 6.45) is 58.0. The fourth-order valence-corrected chi connectivity index (χ4v) is 6.61.